The van der Waals surface area contributed by atoms with Crippen molar-refractivity contribution in [3.05, 3.63) is 0 Å². The molecule has 0 aliphatic carbocycles. The molecule has 0 aromatic carbocycles. The van der Waals surface area contributed by atoms with Crippen molar-refractivity contribution in [3.8, 4) is 0 Å². The molecule has 0 amide bonds. The van der Waals surface area contributed by atoms with Crippen LogP contribution in [0.15, 0.2) is 0 Å². The largest absolute Gasteiger partial charge is 0.472 e. The van der Waals surface area contributed by atoms with E-state index in [0.717, 1.165) is 109 Å². The number of hydrogen-bond acceptors (Lipinski definition) is 15. The molecule has 0 bridgehead atoms. The van der Waals surface area contributed by atoms with E-state index in [1.807, 2.05) is 0 Å². The highest BCUT2D eigenvalue weighted by Gasteiger charge is 2.30. The lowest BCUT2D eigenvalue weighted by Crippen LogP contribution is -2.30. The monoisotopic (exact) mass is 1200 g/mol. The third-order valence-corrected chi connectivity index (χ3v) is 16.5. The first-order chi connectivity index (χ1) is 39.1. The van der Waals surface area contributed by atoms with Crippen LogP contribution in [0.1, 0.15) is 311 Å². The zero-order chi connectivity index (χ0) is 59.9. The van der Waals surface area contributed by atoms with Gasteiger partial charge in [-0.1, -0.05) is 259 Å². The first kappa shape index (κ1) is 79.1. The highest BCUT2D eigenvalue weighted by atomic mass is 31.2. The van der Waals surface area contributed by atoms with Crippen LogP contribution in [0.3, 0.4) is 0 Å². The first-order valence-corrected chi connectivity index (χ1v) is 35.7. The predicted octanol–water partition coefficient (Wildman–Crippen LogP) is 17.0. The number of phosphoric ester groups is 2. The van der Waals surface area contributed by atoms with Gasteiger partial charge in [-0.05, 0) is 31.6 Å². The van der Waals surface area contributed by atoms with Crippen LogP contribution >= 0.6 is 15.6 Å². The topological polar surface area (TPSA) is 237 Å². The Kier molecular flexibility index (Phi) is 54.6. The van der Waals surface area contributed by atoms with Gasteiger partial charge < -0.3 is 33.8 Å². The molecule has 0 spiro atoms. The molecule has 81 heavy (non-hydrogen) atoms. The molecule has 17 nitrogen and oxygen atoms in total. The minimum atomic E-state index is -4.94. The van der Waals surface area contributed by atoms with Crippen LogP contribution < -0.4 is 0 Å². The quantitative estimate of drug-likeness (QED) is 0.0222. The number of aliphatic hydroxyl groups is 1. The number of aliphatic hydroxyl groups excluding tert-OH is 1. The van der Waals surface area contributed by atoms with E-state index < -0.39 is 97.5 Å². The van der Waals surface area contributed by atoms with Gasteiger partial charge in [0.25, 0.3) is 0 Å². The summed E-state index contributed by atoms with van der Waals surface area (Å²) in [4.78, 5) is 72.0. The molecule has 6 atom stereocenters. The van der Waals surface area contributed by atoms with Crippen molar-refractivity contribution < 1.29 is 80.2 Å². The third kappa shape index (κ3) is 55.7. The molecule has 0 aliphatic heterocycles. The van der Waals surface area contributed by atoms with Gasteiger partial charge in [0.1, 0.15) is 19.3 Å². The van der Waals surface area contributed by atoms with E-state index in [2.05, 4.69) is 34.6 Å². The van der Waals surface area contributed by atoms with Gasteiger partial charge in [-0.25, -0.2) is 9.13 Å². The van der Waals surface area contributed by atoms with E-state index in [1.54, 1.807) is 0 Å². The lowest BCUT2D eigenvalue weighted by molar-refractivity contribution is -0.161. The van der Waals surface area contributed by atoms with Crippen LogP contribution in [-0.2, 0) is 65.4 Å². The van der Waals surface area contributed by atoms with Crippen LogP contribution in [0.5, 0.6) is 0 Å². The summed E-state index contributed by atoms with van der Waals surface area (Å²) in [5.41, 5.74) is 0. The zero-order valence-electron chi connectivity index (χ0n) is 51.9. The van der Waals surface area contributed by atoms with Gasteiger partial charge in [0.15, 0.2) is 12.2 Å². The van der Waals surface area contributed by atoms with E-state index in [0.29, 0.717) is 25.7 Å². The van der Waals surface area contributed by atoms with Crippen molar-refractivity contribution >= 4 is 39.5 Å². The Labute approximate surface area is 492 Å². The Morgan fingerprint density at radius 2 is 0.593 bits per heavy atom. The molecule has 480 valence electrons. The second kappa shape index (κ2) is 55.9. The number of carbonyl (C=O) groups is 4. The second-order valence-electron chi connectivity index (χ2n) is 22.7. The smallest absolute Gasteiger partial charge is 0.462 e. The maximum absolute atomic E-state index is 13.0. The van der Waals surface area contributed by atoms with Crippen LogP contribution in [0.2, 0.25) is 0 Å². The van der Waals surface area contributed by atoms with Crippen molar-refractivity contribution in [2.24, 2.45) is 5.92 Å². The number of ether oxygens (including phenoxy) is 4. The molecule has 0 aromatic rings. The fraction of sp³-hybridized carbons (Fsp3) is 0.935. The van der Waals surface area contributed by atoms with Crippen LogP contribution in [0.4, 0.5) is 0 Å². The van der Waals surface area contributed by atoms with Crippen molar-refractivity contribution in [1.29, 1.82) is 0 Å². The summed E-state index contributed by atoms with van der Waals surface area (Å²) in [6.45, 7) is 7.09. The number of carbonyl (C=O) groups excluding carboxylic acids is 4. The molecule has 3 unspecified atom stereocenters. The van der Waals surface area contributed by atoms with E-state index in [1.165, 1.54) is 122 Å². The fourth-order valence-corrected chi connectivity index (χ4v) is 10.8. The molecule has 19 heteroatoms. The van der Waals surface area contributed by atoms with Gasteiger partial charge in [-0.3, -0.25) is 37.3 Å². The maximum Gasteiger partial charge on any atom is 0.472 e. The maximum atomic E-state index is 13.0. The van der Waals surface area contributed by atoms with Gasteiger partial charge in [0.2, 0.25) is 0 Å². The summed E-state index contributed by atoms with van der Waals surface area (Å²) >= 11 is 0. The number of rotatable bonds is 62. The highest BCUT2D eigenvalue weighted by Crippen LogP contribution is 2.45. The van der Waals surface area contributed by atoms with Crippen molar-refractivity contribution in [3.63, 3.8) is 0 Å². The molecule has 0 aromatic heterocycles. The van der Waals surface area contributed by atoms with Gasteiger partial charge in [0, 0.05) is 25.7 Å². The number of esters is 4. The molecule has 0 rings (SSSR count). The van der Waals surface area contributed by atoms with Crippen molar-refractivity contribution in [2.45, 2.75) is 329 Å². The Balaban J connectivity index is 5.22. The molecule has 0 heterocycles. The summed E-state index contributed by atoms with van der Waals surface area (Å²) < 4.78 is 67.8. The molecule has 0 radical (unpaired) electrons. The lowest BCUT2D eigenvalue weighted by atomic mass is 10.00. The first-order valence-electron chi connectivity index (χ1n) is 32.7. The highest BCUT2D eigenvalue weighted by molar-refractivity contribution is 7.47. The molecule has 0 saturated heterocycles. The summed E-state index contributed by atoms with van der Waals surface area (Å²) in [5, 5.41) is 10.5. The lowest BCUT2D eigenvalue weighted by Gasteiger charge is -2.21. The Hall–Kier alpha value is -1.94. The van der Waals surface area contributed by atoms with Gasteiger partial charge >= 0.3 is 39.5 Å². The molecule has 3 N–H and O–H groups in total. The molecular weight excluding hydrogens is 1080 g/mol. The summed E-state index contributed by atoms with van der Waals surface area (Å²) in [6.07, 6.45) is 39.0. The van der Waals surface area contributed by atoms with Crippen molar-refractivity contribution in [1.82, 2.24) is 0 Å². The SMILES string of the molecule is CCCCCCCCCCCCCCC(=O)OC[C@H](COP(=O)(O)OC[C@@H](O)COP(=O)(O)OC[C@@H](COC(=O)CCCCCCCCC)OC(=O)CCCCCCCCC(C)CC)OC(=O)CCCCCCCCCCCCCC. The number of hydrogen-bond donors (Lipinski definition) is 3. The molecule has 0 saturated carbocycles. The molecular formula is C62H120O17P2. The van der Waals surface area contributed by atoms with Crippen LogP contribution in [-0.4, -0.2) is 96.7 Å². The zero-order valence-corrected chi connectivity index (χ0v) is 53.7. The second-order valence-corrected chi connectivity index (χ2v) is 25.6. The van der Waals surface area contributed by atoms with E-state index in [9.17, 15) is 43.2 Å². The Morgan fingerprint density at radius 3 is 0.877 bits per heavy atom. The summed E-state index contributed by atoms with van der Waals surface area (Å²) in [6, 6.07) is 0. The average molecular weight is 1200 g/mol. The number of phosphoric acid groups is 2. The summed E-state index contributed by atoms with van der Waals surface area (Å²) in [7, 11) is -9.88. The van der Waals surface area contributed by atoms with E-state index in [4.69, 9.17) is 37.0 Å². The third-order valence-electron chi connectivity index (χ3n) is 14.6. The minimum absolute atomic E-state index is 0.103. The van der Waals surface area contributed by atoms with Gasteiger partial charge in [0.05, 0.1) is 26.4 Å². The molecule has 0 aliphatic rings. The summed E-state index contributed by atoms with van der Waals surface area (Å²) in [5.74, 6) is -1.42. The normalized spacial score (nSPS) is 14.6. The Morgan fingerprint density at radius 1 is 0.346 bits per heavy atom. The van der Waals surface area contributed by atoms with Gasteiger partial charge in [-0.15, -0.1) is 0 Å². The van der Waals surface area contributed by atoms with Crippen LogP contribution in [0.25, 0.3) is 0 Å². The Bertz CT molecular complexity index is 1590. The van der Waals surface area contributed by atoms with Gasteiger partial charge in [-0.2, -0.15) is 0 Å². The van der Waals surface area contributed by atoms with E-state index in [-0.39, 0.29) is 25.7 Å². The van der Waals surface area contributed by atoms with E-state index >= 15 is 0 Å². The molecule has 0 fully saturated rings. The van der Waals surface area contributed by atoms with Crippen LogP contribution in [0, 0.1) is 5.92 Å². The fourth-order valence-electron chi connectivity index (χ4n) is 9.20. The minimum Gasteiger partial charge on any atom is -0.462 e. The van der Waals surface area contributed by atoms with Crippen molar-refractivity contribution in [2.75, 3.05) is 39.6 Å². The predicted molar refractivity (Wildman–Crippen MR) is 322 cm³/mol. The average Bonchev–Trinajstić information content (AvgIpc) is 3.44. The standard InChI is InChI=1S/C62H120O17P2/c1-6-10-13-16-19-21-23-25-27-30-36-41-46-60(65)73-52-57(78-61(66)47-42-37-31-28-26-24-22-20-17-14-11-7-2)53-76-80(68,69)74-49-56(63)50-75-81(70,71)77-54-58(51-72-59(64)45-40-35-29-18-15-12-8-3)79-62(67)48-43-38-33-32-34-39-44-55(5)9-4/h55-58,63H,6-54H2,1-5H3,(H,68,69)(H,70,71)/t55?,56-,57-,58-/m1/s1. The number of unbranched alkanes of at least 4 members (excludes halogenated alkanes) is 33.